The zero-order valence-electron chi connectivity index (χ0n) is 15.9. The van der Waals surface area contributed by atoms with Crippen LogP contribution in [0.4, 0.5) is 0 Å². The predicted octanol–water partition coefficient (Wildman–Crippen LogP) is 0.678. The summed E-state index contributed by atoms with van der Waals surface area (Å²) in [5, 5.41) is 9.52. The van der Waals surface area contributed by atoms with E-state index in [1.807, 2.05) is 12.1 Å². The first kappa shape index (κ1) is 17.8. The first-order chi connectivity index (χ1) is 13.6. The Balaban J connectivity index is 1.24. The van der Waals surface area contributed by atoms with Crippen molar-refractivity contribution in [2.75, 3.05) is 6.54 Å². The van der Waals surface area contributed by atoms with E-state index in [1.54, 1.807) is 4.90 Å². The molecule has 7 heteroatoms. The van der Waals surface area contributed by atoms with E-state index in [-0.39, 0.29) is 24.1 Å². The number of rotatable bonds is 5. The van der Waals surface area contributed by atoms with Crippen LogP contribution in [0.15, 0.2) is 18.2 Å². The van der Waals surface area contributed by atoms with Crippen LogP contribution in [-0.2, 0) is 22.7 Å². The largest absolute Gasteiger partial charge is 0.322 e. The lowest BCUT2D eigenvalue weighted by atomic mass is 9.76. The Morgan fingerprint density at radius 2 is 1.89 bits per heavy atom. The lowest BCUT2D eigenvalue weighted by molar-refractivity contribution is -0.136. The van der Waals surface area contributed by atoms with Crippen molar-refractivity contribution < 1.29 is 14.4 Å². The number of amides is 3. The molecule has 4 atom stereocenters. The minimum atomic E-state index is -0.556. The highest BCUT2D eigenvalue weighted by Gasteiger charge is 2.40. The van der Waals surface area contributed by atoms with Gasteiger partial charge in [0.25, 0.3) is 5.91 Å². The summed E-state index contributed by atoms with van der Waals surface area (Å²) in [6, 6.07) is 6.69. The fourth-order valence-corrected chi connectivity index (χ4v) is 5.27. The zero-order valence-corrected chi connectivity index (χ0v) is 15.9. The molecule has 148 valence electrons. The minimum Gasteiger partial charge on any atom is -0.322 e. The smallest absolute Gasteiger partial charge is 0.255 e. The minimum absolute atomic E-state index is 0.107. The molecule has 0 radical (unpaired) electrons. The van der Waals surface area contributed by atoms with Crippen molar-refractivity contribution in [2.24, 2.45) is 5.92 Å². The van der Waals surface area contributed by atoms with Gasteiger partial charge in [-0.1, -0.05) is 12.1 Å². The Morgan fingerprint density at radius 1 is 1.11 bits per heavy atom. The summed E-state index contributed by atoms with van der Waals surface area (Å²) >= 11 is 0. The summed E-state index contributed by atoms with van der Waals surface area (Å²) in [5.74, 6) is 0.000516. The van der Waals surface area contributed by atoms with E-state index in [4.69, 9.17) is 0 Å². The van der Waals surface area contributed by atoms with Crippen molar-refractivity contribution in [3.05, 3.63) is 34.9 Å². The van der Waals surface area contributed by atoms with Gasteiger partial charge in [0.1, 0.15) is 6.04 Å². The van der Waals surface area contributed by atoms with Gasteiger partial charge in [-0.15, -0.1) is 0 Å². The number of carbonyl (C=O) groups is 3. The first-order valence-corrected chi connectivity index (χ1v) is 10.3. The molecule has 4 fully saturated rings. The SMILES string of the molecule is O=C1CCC(N2Cc3c(CNCC4C[C@@H]5C[C@H](C4)N5)cccc3C2=O)C(=O)N1. The quantitative estimate of drug-likeness (QED) is 0.652. The second-order valence-electron chi connectivity index (χ2n) is 8.61. The molecule has 7 nitrogen and oxygen atoms in total. The monoisotopic (exact) mass is 382 g/mol. The summed E-state index contributed by atoms with van der Waals surface area (Å²) in [6.45, 7) is 2.18. The van der Waals surface area contributed by atoms with Crippen LogP contribution >= 0.6 is 0 Å². The third kappa shape index (κ3) is 3.12. The molecule has 4 aliphatic heterocycles. The molecule has 6 rings (SSSR count). The molecule has 3 N–H and O–H groups in total. The Kier molecular flexibility index (Phi) is 4.44. The number of hydrogen-bond acceptors (Lipinski definition) is 5. The molecule has 1 aromatic rings. The van der Waals surface area contributed by atoms with Crippen LogP contribution in [0, 0.1) is 5.92 Å². The van der Waals surface area contributed by atoms with Crippen LogP contribution in [0.5, 0.6) is 0 Å². The van der Waals surface area contributed by atoms with E-state index in [9.17, 15) is 14.4 Å². The summed E-state index contributed by atoms with van der Waals surface area (Å²) in [4.78, 5) is 38.1. The normalized spacial score (nSPS) is 31.4. The number of nitrogens with one attached hydrogen (secondary N) is 3. The second-order valence-corrected chi connectivity index (χ2v) is 8.61. The molecule has 3 saturated heterocycles. The molecule has 1 aromatic carbocycles. The number of carbonyl (C=O) groups excluding carboxylic acids is 3. The van der Waals surface area contributed by atoms with Gasteiger partial charge < -0.3 is 15.5 Å². The van der Waals surface area contributed by atoms with Gasteiger partial charge in [0.05, 0.1) is 0 Å². The number of benzene rings is 1. The van der Waals surface area contributed by atoms with Crippen LogP contribution in [0.2, 0.25) is 0 Å². The molecule has 3 amide bonds. The van der Waals surface area contributed by atoms with Crippen molar-refractivity contribution in [2.45, 2.75) is 63.3 Å². The third-order valence-electron chi connectivity index (χ3n) is 6.70. The van der Waals surface area contributed by atoms with Gasteiger partial charge in [-0.25, -0.2) is 0 Å². The molecule has 2 unspecified atom stereocenters. The zero-order chi connectivity index (χ0) is 19.3. The van der Waals surface area contributed by atoms with E-state index >= 15 is 0 Å². The van der Waals surface area contributed by atoms with E-state index in [2.05, 4.69) is 22.0 Å². The maximum Gasteiger partial charge on any atom is 0.255 e. The average Bonchev–Trinajstić information content (AvgIpc) is 2.99. The molecule has 1 saturated carbocycles. The van der Waals surface area contributed by atoms with Crippen molar-refractivity contribution in [3.8, 4) is 0 Å². The van der Waals surface area contributed by atoms with Gasteiger partial charge in [-0.05, 0) is 55.3 Å². The Bertz CT molecular complexity index is 823. The maximum absolute atomic E-state index is 12.9. The molecule has 4 heterocycles. The molecule has 0 spiro atoms. The van der Waals surface area contributed by atoms with E-state index in [0.29, 0.717) is 30.6 Å². The van der Waals surface area contributed by atoms with Crippen molar-refractivity contribution in [1.82, 2.24) is 20.9 Å². The molecular formula is C21H26N4O3. The number of nitrogens with zero attached hydrogens (tertiary/aromatic N) is 1. The fraction of sp³-hybridized carbons (Fsp3) is 0.571. The lowest BCUT2D eigenvalue weighted by Gasteiger charge is -2.46. The molecular weight excluding hydrogens is 356 g/mol. The number of piperidine rings is 2. The van der Waals surface area contributed by atoms with Gasteiger partial charge in [-0.2, -0.15) is 0 Å². The summed E-state index contributed by atoms with van der Waals surface area (Å²) in [6.07, 6.45) is 4.51. The highest BCUT2D eigenvalue weighted by molar-refractivity contribution is 6.05. The van der Waals surface area contributed by atoms with Crippen LogP contribution in [0.3, 0.4) is 0 Å². The number of imide groups is 1. The summed E-state index contributed by atoms with van der Waals surface area (Å²) < 4.78 is 0. The second kappa shape index (κ2) is 6.97. The molecule has 5 aliphatic rings. The van der Waals surface area contributed by atoms with Crippen LogP contribution in [-0.4, -0.2) is 47.3 Å². The Labute approximate surface area is 164 Å². The average molecular weight is 382 g/mol. The predicted molar refractivity (Wildman–Crippen MR) is 102 cm³/mol. The topological polar surface area (TPSA) is 90.5 Å². The Morgan fingerprint density at radius 3 is 2.64 bits per heavy atom. The first-order valence-electron chi connectivity index (χ1n) is 10.3. The van der Waals surface area contributed by atoms with Crippen molar-refractivity contribution >= 4 is 17.7 Å². The fourth-order valence-electron chi connectivity index (χ4n) is 5.27. The van der Waals surface area contributed by atoms with E-state index < -0.39 is 6.04 Å². The standard InChI is InChI=1S/C21H26N4O3/c26-19-5-4-18(20(27)24-19)25-11-17-13(2-1-3-16(17)21(25)28)10-22-9-12-6-14-8-15(7-12)23-14/h1-3,12,14-15,18,22-23H,4-11H2,(H,24,26,27)/t12?,14-,15+,18?. The van der Waals surface area contributed by atoms with Crippen molar-refractivity contribution in [1.29, 1.82) is 0 Å². The maximum atomic E-state index is 12.9. The van der Waals surface area contributed by atoms with Gasteiger partial charge in [0, 0.05) is 37.2 Å². The van der Waals surface area contributed by atoms with Crippen molar-refractivity contribution in [3.63, 3.8) is 0 Å². The summed E-state index contributed by atoms with van der Waals surface area (Å²) in [7, 11) is 0. The van der Waals surface area contributed by atoms with Gasteiger partial charge >= 0.3 is 0 Å². The Hall–Kier alpha value is -2.25. The molecule has 28 heavy (non-hydrogen) atoms. The number of fused-ring (bicyclic) bond motifs is 3. The van der Waals surface area contributed by atoms with E-state index in [0.717, 1.165) is 30.1 Å². The lowest BCUT2D eigenvalue weighted by Crippen LogP contribution is -2.58. The van der Waals surface area contributed by atoms with Crippen LogP contribution in [0.25, 0.3) is 0 Å². The van der Waals surface area contributed by atoms with Gasteiger partial charge in [0.2, 0.25) is 11.8 Å². The van der Waals surface area contributed by atoms with Crippen LogP contribution in [0.1, 0.15) is 53.6 Å². The highest BCUT2D eigenvalue weighted by atomic mass is 16.2. The molecule has 0 aromatic heterocycles. The van der Waals surface area contributed by atoms with Crippen LogP contribution < -0.4 is 16.0 Å². The van der Waals surface area contributed by atoms with Gasteiger partial charge in [-0.3, -0.25) is 19.7 Å². The number of hydrogen-bond donors (Lipinski definition) is 3. The molecule has 1 aliphatic carbocycles. The molecule has 2 bridgehead atoms. The summed E-state index contributed by atoms with van der Waals surface area (Å²) in [5.41, 5.74) is 2.82. The third-order valence-corrected chi connectivity index (χ3v) is 6.70. The van der Waals surface area contributed by atoms with Gasteiger partial charge in [0.15, 0.2) is 0 Å². The highest BCUT2D eigenvalue weighted by Crippen LogP contribution is 2.33. The van der Waals surface area contributed by atoms with E-state index in [1.165, 1.54) is 19.3 Å².